The molecule has 0 spiro atoms. The summed E-state index contributed by atoms with van der Waals surface area (Å²) < 4.78 is 10.9. The van der Waals surface area contributed by atoms with E-state index >= 15 is 0 Å². The summed E-state index contributed by atoms with van der Waals surface area (Å²) in [5.74, 6) is 0.734. The van der Waals surface area contributed by atoms with Crippen LogP contribution < -0.4 is 9.47 Å². The van der Waals surface area contributed by atoms with Crippen LogP contribution >= 0.6 is 0 Å². The second kappa shape index (κ2) is 7.58. The van der Waals surface area contributed by atoms with Gasteiger partial charge in [-0.25, -0.2) is 0 Å². The lowest BCUT2D eigenvalue weighted by Crippen LogP contribution is -2.00. The minimum Gasteiger partial charge on any atom is -0.493 e. The number of rotatable bonds is 8. The smallest absolute Gasteiger partial charge is 0.303 e. The number of hydrogen-bond acceptors (Lipinski definition) is 3. The van der Waals surface area contributed by atoms with Crippen LogP contribution in [-0.2, 0) is 4.79 Å². The van der Waals surface area contributed by atoms with Gasteiger partial charge in [-0.1, -0.05) is 6.07 Å². The highest BCUT2D eigenvalue weighted by atomic mass is 16.5. The van der Waals surface area contributed by atoms with Crippen LogP contribution in [0.1, 0.15) is 31.2 Å². The standard InChI is InChI=1S/C14H20O4/c1-11-7-8-12(13(10-11)17-2)18-9-5-3-4-6-14(15)16/h7-8,10H,3-6,9H2,1-2H3,(H,15,16). The molecule has 0 atom stereocenters. The highest BCUT2D eigenvalue weighted by molar-refractivity contribution is 5.66. The SMILES string of the molecule is COc1cc(C)ccc1OCCCCCC(=O)O. The third-order valence-electron chi connectivity index (χ3n) is 2.61. The molecule has 1 rings (SSSR count). The van der Waals surface area contributed by atoms with Crippen molar-refractivity contribution >= 4 is 5.97 Å². The van der Waals surface area contributed by atoms with Crippen molar-refractivity contribution in [2.24, 2.45) is 0 Å². The van der Waals surface area contributed by atoms with Crippen LogP contribution in [0.3, 0.4) is 0 Å². The first-order chi connectivity index (χ1) is 8.63. The summed E-state index contributed by atoms with van der Waals surface area (Å²) in [5, 5.41) is 8.49. The Morgan fingerprint density at radius 2 is 2.00 bits per heavy atom. The number of aliphatic carboxylic acids is 1. The van der Waals surface area contributed by atoms with Gasteiger partial charge in [0.15, 0.2) is 11.5 Å². The first kappa shape index (κ1) is 14.4. The summed E-state index contributed by atoms with van der Waals surface area (Å²) >= 11 is 0. The Balaban J connectivity index is 2.28. The van der Waals surface area contributed by atoms with Gasteiger partial charge in [0.05, 0.1) is 13.7 Å². The van der Waals surface area contributed by atoms with Gasteiger partial charge in [0, 0.05) is 6.42 Å². The molecule has 4 nitrogen and oxygen atoms in total. The molecular weight excluding hydrogens is 232 g/mol. The summed E-state index contributed by atoms with van der Waals surface area (Å²) in [6.45, 7) is 2.58. The van der Waals surface area contributed by atoms with Crippen molar-refractivity contribution in [3.05, 3.63) is 23.8 Å². The zero-order valence-corrected chi connectivity index (χ0v) is 10.9. The van der Waals surface area contributed by atoms with Gasteiger partial charge in [-0.05, 0) is 43.9 Å². The second-order valence-corrected chi connectivity index (χ2v) is 4.21. The molecule has 18 heavy (non-hydrogen) atoms. The fourth-order valence-corrected chi connectivity index (χ4v) is 1.63. The second-order valence-electron chi connectivity index (χ2n) is 4.21. The van der Waals surface area contributed by atoms with Gasteiger partial charge < -0.3 is 14.6 Å². The highest BCUT2D eigenvalue weighted by Gasteiger charge is 2.04. The van der Waals surface area contributed by atoms with E-state index in [2.05, 4.69) is 0 Å². The average Bonchev–Trinajstić information content (AvgIpc) is 2.34. The Labute approximate surface area is 108 Å². The van der Waals surface area contributed by atoms with Gasteiger partial charge in [-0.15, -0.1) is 0 Å². The fourth-order valence-electron chi connectivity index (χ4n) is 1.63. The van der Waals surface area contributed by atoms with Crippen LogP contribution in [0.25, 0.3) is 0 Å². The van der Waals surface area contributed by atoms with Gasteiger partial charge in [0.1, 0.15) is 0 Å². The molecular formula is C14H20O4. The molecule has 0 saturated heterocycles. The molecule has 0 bridgehead atoms. The van der Waals surface area contributed by atoms with Gasteiger partial charge in [0.2, 0.25) is 0 Å². The van der Waals surface area contributed by atoms with Crippen LogP contribution in [0.2, 0.25) is 0 Å². The lowest BCUT2D eigenvalue weighted by Gasteiger charge is -2.11. The zero-order valence-electron chi connectivity index (χ0n) is 10.9. The van der Waals surface area contributed by atoms with Gasteiger partial charge in [0.25, 0.3) is 0 Å². The van der Waals surface area contributed by atoms with Crippen molar-refractivity contribution in [1.29, 1.82) is 0 Å². The Morgan fingerprint density at radius 3 is 2.67 bits per heavy atom. The molecule has 0 fully saturated rings. The topological polar surface area (TPSA) is 55.8 Å². The zero-order chi connectivity index (χ0) is 13.4. The van der Waals surface area contributed by atoms with E-state index in [1.165, 1.54) is 0 Å². The molecule has 0 aliphatic carbocycles. The van der Waals surface area contributed by atoms with Crippen molar-refractivity contribution < 1.29 is 19.4 Å². The first-order valence-corrected chi connectivity index (χ1v) is 6.12. The maximum absolute atomic E-state index is 10.3. The molecule has 0 unspecified atom stereocenters. The Kier molecular flexibility index (Phi) is 6.05. The minimum absolute atomic E-state index is 0.230. The molecule has 1 aromatic carbocycles. The predicted molar refractivity (Wildman–Crippen MR) is 69.3 cm³/mol. The number of aryl methyl sites for hydroxylation is 1. The number of carboxylic acids is 1. The average molecular weight is 252 g/mol. The van der Waals surface area contributed by atoms with Crippen molar-refractivity contribution in [2.75, 3.05) is 13.7 Å². The minimum atomic E-state index is -0.740. The lowest BCUT2D eigenvalue weighted by atomic mass is 10.2. The van der Waals surface area contributed by atoms with Crippen LogP contribution in [0.15, 0.2) is 18.2 Å². The maximum Gasteiger partial charge on any atom is 0.303 e. The van der Waals surface area contributed by atoms with Crippen LogP contribution in [0, 0.1) is 6.92 Å². The summed E-state index contributed by atoms with van der Waals surface area (Å²) in [4.78, 5) is 10.3. The summed E-state index contributed by atoms with van der Waals surface area (Å²) in [7, 11) is 1.62. The quantitative estimate of drug-likeness (QED) is 0.722. The Morgan fingerprint density at radius 1 is 1.22 bits per heavy atom. The van der Waals surface area contributed by atoms with E-state index < -0.39 is 5.97 Å². The van der Waals surface area contributed by atoms with E-state index in [0.29, 0.717) is 13.0 Å². The lowest BCUT2D eigenvalue weighted by molar-refractivity contribution is -0.137. The molecule has 0 saturated carbocycles. The number of carbonyl (C=O) groups is 1. The number of hydrogen-bond donors (Lipinski definition) is 1. The first-order valence-electron chi connectivity index (χ1n) is 6.12. The molecule has 100 valence electrons. The van der Waals surface area contributed by atoms with E-state index in [4.69, 9.17) is 14.6 Å². The molecule has 0 heterocycles. The van der Waals surface area contributed by atoms with Crippen LogP contribution in [0.4, 0.5) is 0 Å². The Bertz CT molecular complexity index is 387. The van der Waals surface area contributed by atoms with E-state index in [1.54, 1.807) is 7.11 Å². The monoisotopic (exact) mass is 252 g/mol. The molecule has 4 heteroatoms. The predicted octanol–water partition coefficient (Wildman–Crippen LogP) is 3.03. The number of benzene rings is 1. The van der Waals surface area contributed by atoms with E-state index in [9.17, 15) is 4.79 Å². The highest BCUT2D eigenvalue weighted by Crippen LogP contribution is 2.27. The summed E-state index contributed by atoms with van der Waals surface area (Å²) in [6.07, 6.45) is 2.64. The number of methoxy groups -OCH3 is 1. The number of unbranched alkanes of at least 4 members (excludes halogenated alkanes) is 2. The maximum atomic E-state index is 10.3. The molecule has 0 aliphatic rings. The summed E-state index contributed by atoms with van der Waals surface area (Å²) in [6, 6.07) is 5.80. The fraction of sp³-hybridized carbons (Fsp3) is 0.500. The molecule has 0 aliphatic heterocycles. The Hall–Kier alpha value is -1.71. The van der Waals surface area contributed by atoms with Gasteiger partial charge >= 0.3 is 5.97 Å². The molecule has 0 radical (unpaired) electrons. The van der Waals surface area contributed by atoms with Crippen LogP contribution in [-0.4, -0.2) is 24.8 Å². The van der Waals surface area contributed by atoms with Crippen molar-refractivity contribution in [2.45, 2.75) is 32.6 Å². The third kappa shape index (κ3) is 5.08. The normalized spacial score (nSPS) is 10.1. The third-order valence-corrected chi connectivity index (χ3v) is 2.61. The number of ether oxygens (including phenoxy) is 2. The van der Waals surface area contributed by atoms with Gasteiger partial charge in [-0.2, -0.15) is 0 Å². The number of carboxylic acid groups (broad SMARTS) is 1. The van der Waals surface area contributed by atoms with Gasteiger partial charge in [-0.3, -0.25) is 4.79 Å². The van der Waals surface area contributed by atoms with E-state index in [-0.39, 0.29) is 6.42 Å². The van der Waals surface area contributed by atoms with E-state index in [0.717, 1.165) is 29.9 Å². The molecule has 1 aromatic rings. The molecule has 0 aromatic heterocycles. The van der Waals surface area contributed by atoms with E-state index in [1.807, 2.05) is 25.1 Å². The largest absolute Gasteiger partial charge is 0.493 e. The molecule has 1 N–H and O–H groups in total. The summed E-state index contributed by atoms with van der Waals surface area (Å²) in [5.41, 5.74) is 1.13. The van der Waals surface area contributed by atoms with Crippen molar-refractivity contribution in [3.63, 3.8) is 0 Å². The molecule has 0 amide bonds. The van der Waals surface area contributed by atoms with Crippen molar-refractivity contribution in [3.8, 4) is 11.5 Å². The van der Waals surface area contributed by atoms with Crippen molar-refractivity contribution in [1.82, 2.24) is 0 Å². The van der Waals surface area contributed by atoms with Crippen LogP contribution in [0.5, 0.6) is 11.5 Å².